The molecule has 0 spiro atoms. The molecule has 1 aromatic carbocycles. The lowest BCUT2D eigenvalue weighted by molar-refractivity contribution is 0.0616. The molecule has 1 aliphatic carbocycles. The number of guanidine groups is 1. The maximum Gasteiger partial charge on any atom is 0.191 e. The van der Waals surface area contributed by atoms with Crippen molar-refractivity contribution in [3.05, 3.63) is 35.6 Å². The molecule has 0 aromatic heterocycles. The summed E-state index contributed by atoms with van der Waals surface area (Å²) >= 11 is 0. The highest BCUT2D eigenvalue weighted by Crippen LogP contribution is 2.20. The van der Waals surface area contributed by atoms with Crippen LogP contribution in [0.3, 0.4) is 0 Å². The highest BCUT2D eigenvalue weighted by atomic mass is 127. The first kappa shape index (κ1) is 17.2. The highest BCUT2D eigenvalue weighted by Gasteiger charge is 2.25. The van der Waals surface area contributed by atoms with E-state index in [1.54, 1.807) is 26.1 Å². The first-order valence-corrected chi connectivity index (χ1v) is 6.47. The molecule has 1 saturated carbocycles. The van der Waals surface area contributed by atoms with Crippen molar-refractivity contribution in [3.63, 3.8) is 0 Å². The summed E-state index contributed by atoms with van der Waals surface area (Å²) in [5.41, 5.74) is -0.405. The normalized spacial score (nSPS) is 17.9. The number of hydrogen-bond donors (Lipinski definition) is 3. The molecule has 3 N–H and O–H groups in total. The second-order valence-electron chi connectivity index (χ2n) is 5.13. The number of aliphatic imine (C=N–C) groups is 1. The van der Waals surface area contributed by atoms with Crippen LogP contribution in [0.15, 0.2) is 29.3 Å². The summed E-state index contributed by atoms with van der Waals surface area (Å²) in [6, 6.07) is 6.38. The SMILES string of the molecule is CN=C(NCC(C)(O)c1ccc(F)cc1)NC1CC1.I. The molecule has 1 atom stereocenters. The first-order chi connectivity index (χ1) is 9.01. The van der Waals surface area contributed by atoms with Crippen molar-refractivity contribution < 1.29 is 9.50 Å². The van der Waals surface area contributed by atoms with E-state index in [2.05, 4.69) is 15.6 Å². The van der Waals surface area contributed by atoms with E-state index in [1.165, 1.54) is 12.1 Å². The van der Waals surface area contributed by atoms with E-state index in [0.717, 1.165) is 12.8 Å². The van der Waals surface area contributed by atoms with Gasteiger partial charge in [-0.25, -0.2) is 4.39 Å². The summed E-state index contributed by atoms with van der Waals surface area (Å²) in [6.45, 7) is 2.00. The van der Waals surface area contributed by atoms with Crippen LogP contribution in [0, 0.1) is 5.82 Å². The Morgan fingerprint density at radius 1 is 1.40 bits per heavy atom. The second-order valence-corrected chi connectivity index (χ2v) is 5.13. The van der Waals surface area contributed by atoms with Gasteiger partial charge in [-0.05, 0) is 37.5 Å². The molecule has 112 valence electrons. The number of nitrogens with zero attached hydrogens (tertiary/aromatic N) is 1. The van der Waals surface area contributed by atoms with E-state index in [0.29, 0.717) is 24.1 Å². The summed E-state index contributed by atoms with van der Waals surface area (Å²) in [7, 11) is 1.70. The molecule has 0 heterocycles. The Morgan fingerprint density at radius 2 is 2.00 bits per heavy atom. The molecule has 1 unspecified atom stereocenters. The van der Waals surface area contributed by atoms with Crippen molar-refractivity contribution in [2.75, 3.05) is 13.6 Å². The Hall–Kier alpha value is -0.890. The zero-order valence-corrected chi connectivity index (χ0v) is 14.0. The van der Waals surface area contributed by atoms with Gasteiger partial charge in [-0.15, -0.1) is 24.0 Å². The van der Waals surface area contributed by atoms with E-state index in [1.807, 2.05) is 0 Å². The quantitative estimate of drug-likeness (QED) is 0.417. The van der Waals surface area contributed by atoms with Crippen molar-refractivity contribution in [2.24, 2.45) is 4.99 Å². The molecule has 0 bridgehead atoms. The third kappa shape index (κ3) is 4.90. The van der Waals surface area contributed by atoms with Gasteiger partial charge in [-0.1, -0.05) is 12.1 Å². The minimum Gasteiger partial charge on any atom is -0.384 e. The number of rotatable bonds is 4. The molecule has 20 heavy (non-hydrogen) atoms. The van der Waals surface area contributed by atoms with Crippen LogP contribution in [0.2, 0.25) is 0 Å². The molecule has 6 heteroatoms. The third-order valence-electron chi connectivity index (χ3n) is 3.21. The van der Waals surface area contributed by atoms with Gasteiger partial charge in [0, 0.05) is 13.1 Å². The smallest absolute Gasteiger partial charge is 0.191 e. The lowest BCUT2D eigenvalue weighted by atomic mass is 9.96. The monoisotopic (exact) mass is 393 g/mol. The van der Waals surface area contributed by atoms with Crippen LogP contribution in [-0.2, 0) is 5.60 Å². The van der Waals surface area contributed by atoms with Gasteiger partial charge in [0.25, 0.3) is 0 Å². The number of benzene rings is 1. The van der Waals surface area contributed by atoms with Gasteiger partial charge in [0.1, 0.15) is 11.4 Å². The average molecular weight is 393 g/mol. The third-order valence-corrected chi connectivity index (χ3v) is 3.21. The standard InChI is InChI=1S/C14H20FN3O.HI/c1-14(19,10-3-5-11(15)6-4-10)9-17-13(16-2)18-12-7-8-12;/h3-6,12,19H,7-9H2,1-2H3,(H2,16,17,18);1H. The zero-order valence-electron chi connectivity index (χ0n) is 11.7. The van der Waals surface area contributed by atoms with Gasteiger partial charge in [-0.2, -0.15) is 0 Å². The van der Waals surface area contributed by atoms with Gasteiger partial charge < -0.3 is 15.7 Å². The van der Waals surface area contributed by atoms with E-state index < -0.39 is 5.60 Å². The van der Waals surface area contributed by atoms with Crippen molar-refractivity contribution in [3.8, 4) is 0 Å². The van der Waals surface area contributed by atoms with Crippen molar-refractivity contribution in [1.29, 1.82) is 0 Å². The molecule has 1 aliphatic rings. The van der Waals surface area contributed by atoms with E-state index in [9.17, 15) is 9.50 Å². The van der Waals surface area contributed by atoms with Crippen LogP contribution in [-0.4, -0.2) is 30.7 Å². The van der Waals surface area contributed by atoms with Crippen LogP contribution >= 0.6 is 24.0 Å². The molecule has 4 nitrogen and oxygen atoms in total. The summed E-state index contributed by atoms with van der Waals surface area (Å²) < 4.78 is 12.9. The second kappa shape index (κ2) is 7.21. The number of hydrogen-bond acceptors (Lipinski definition) is 2. The van der Waals surface area contributed by atoms with Gasteiger partial charge in [0.05, 0.1) is 6.54 Å². The molecule has 1 fully saturated rings. The topological polar surface area (TPSA) is 56.7 Å². The lowest BCUT2D eigenvalue weighted by Crippen LogP contribution is -2.45. The Morgan fingerprint density at radius 3 is 2.50 bits per heavy atom. The summed E-state index contributed by atoms with van der Waals surface area (Å²) in [4.78, 5) is 4.10. The predicted octanol–water partition coefficient (Wildman–Crippen LogP) is 1.98. The number of aliphatic hydroxyl groups is 1. The van der Waals surface area contributed by atoms with Crippen LogP contribution in [0.1, 0.15) is 25.3 Å². The molecule has 2 rings (SSSR count). The maximum absolute atomic E-state index is 12.9. The predicted molar refractivity (Wildman–Crippen MR) is 88.9 cm³/mol. The molecule has 0 radical (unpaired) electrons. The molecule has 0 saturated heterocycles. The Balaban J connectivity index is 0.00000200. The van der Waals surface area contributed by atoms with E-state index in [-0.39, 0.29) is 29.8 Å². The van der Waals surface area contributed by atoms with Gasteiger partial charge in [0.2, 0.25) is 0 Å². The minimum absolute atomic E-state index is 0. The van der Waals surface area contributed by atoms with Gasteiger partial charge >= 0.3 is 0 Å². The lowest BCUT2D eigenvalue weighted by Gasteiger charge is -2.25. The van der Waals surface area contributed by atoms with Gasteiger partial charge in [0.15, 0.2) is 5.96 Å². The Bertz CT molecular complexity index is 458. The van der Waals surface area contributed by atoms with Crippen molar-refractivity contribution in [1.82, 2.24) is 10.6 Å². The van der Waals surface area contributed by atoms with Gasteiger partial charge in [-0.3, -0.25) is 4.99 Å². The summed E-state index contributed by atoms with van der Waals surface area (Å²) in [6.07, 6.45) is 2.32. The van der Waals surface area contributed by atoms with E-state index >= 15 is 0 Å². The van der Waals surface area contributed by atoms with E-state index in [4.69, 9.17) is 0 Å². The summed E-state index contributed by atoms with van der Waals surface area (Å²) in [5.74, 6) is 0.378. The minimum atomic E-state index is -1.07. The largest absolute Gasteiger partial charge is 0.384 e. The fourth-order valence-electron chi connectivity index (χ4n) is 1.78. The number of nitrogens with one attached hydrogen (secondary N) is 2. The zero-order chi connectivity index (χ0) is 13.9. The fraction of sp³-hybridized carbons (Fsp3) is 0.500. The molecule has 1 aromatic rings. The van der Waals surface area contributed by atoms with Crippen LogP contribution < -0.4 is 10.6 Å². The van der Waals surface area contributed by atoms with Crippen molar-refractivity contribution >= 4 is 29.9 Å². The highest BCUT2D eigenvalue weighted by molar-refractivity contribution is 14.0. The maximum atomic E-state index is 12.9. The van der Waals surface area contributed by atoms with Crippen LogP contribution in [0.25, 0.3) is 0 Å². The molecular weight excluding hydrogens is 372 g/mol. The number of halogens is 2. The molecule has 0 aliphatic heterocycles. The Kier molecular flexibility index (Phi) is 6.19. The average Bonchev–Trinajstić information content (AvgIpc) is 3.19. The molecule has 0 amide bonds. The van der Waals surface area contributed by atoms with Crippen molar-refractivity contribution in [2.45, 2.75) is 31.4 Å². The van der Waals surface area contributed by atoms with Crippen LogP contribution in [0.4, 0.5) is 4.39 Å². The first-order valence-electron chi connectivity index (χ1n) is 6.47. The van der Waals surface area contributed by atoms with Crippen LogP contribution in [0.5, 0.6) is 0 Å². The summed E-state index contributed by atoms with van der Waals surface area (Å²) in [5, 5.41) is 16.7. The molecular formula is C14H21FIN3O. The Labute approximate surface area is 135 Å². The fourth-order valence-corrected chi connectivity index (χ4v) is 1.78.